The summed E-state index contributed by atoms with van der Waals surface area (Å²) in [5.74, 6) is 5.80. The summed E-state index contributed by atoms with van der Waals surface area (Å²) in [6.45, 7) is 7.92. The van der Waals surface area contributed by atoms with Crippen LogP contribution in [-0.2, 0) is 4.74 Å². The van der Waals surface area contributed by atoms with Crippen LogP contribution in [0, 0.1) is 51.8 Å². The summed E-state index contributed by atoms with van der Waals surface area (Å²) in [4.78, 5) is 0. The van der Waals surface area contributed by atoms with E-state index < -0.39 is 0 Å². The van der Waals surface area contributed by atoms with Crippen molar-refractivity contribution in [3.8, 4) is 0 Å². The maximum Gasteiger partial charge on any atom is 0.0638 e. The van der Waals surface area contributed by atoms with Crippen LogP contribution < -0.4 is 0 Å². The molecule has 0 aromatic rings. The van der Waals surface area contributed by atoms with Gasteiger partial charge in [-0.05, 0) is 97.7 Å². The maximum absolute atomic E-state index is 6.24. The average Bonchev–Trinajstić information content (AvgIpc) is 3.12. The van der Waals surface area contributed by atoms with E-state index in [9.17, 15) is 0 Å². The fourth-order valence-electron chi connectivity index (χ4n) is 9.66. The van der Waals surface area contributed by atoms with Gasteiger partial charge in [-0.25, -0.2) is 0 Å². The molecule has 0 aromatic heterocycles. The van der Waals surface area contributed by atoms with Crippen molar-refractivity contribution in [3.05, 3.63) is 0 Å². The van der Waals surface area contributed by atoms with Gasteiger partial charge in [0.05, 0.1) is 6.10 Å². The van der Waals surface area contributed by atoms with Gasteiger partial charge in [-0.15, -0.1) is 0 Å². The van der Waals surface area contributed by atoms with Crippen molar-refractivity contribution in [1.29, 1.82) is 0 Å². The third kappa shape index (κ3) is 2.00. The molecule has 25 heavy (non-hydrogen) atoms. The molecular formula is C23H37IO. The van der Waals surface area contributed by atoms with Crippen LogP contribution >= 0.6 is 22.6 Å². The molecule has 0 amide bonds. The fourth-order valence-corrected chi connectivity index (χ4v) is 10.3. The van der Waals surface area contributed by atoms with Gasteiger partial charge >= 0.3 is 0 Å². The fraction of sp³-hybridized carbons (Fsp3) is 1.00. The molecule has 0 aromatic carbocycles. The monoisotopic (exact) mass is 456 g/mol. The Kier molecular flexibility index (Phi) is 3.99. The van der Waals surface area contributed by atoms with Gasteiger partial charge < -0.3 is 4.74 Å². The van der Waals surface area contributed by atoms with E-state index in [1.54, 1.807) is 0 Å². The van der Waals surface area contributed by atoms with E-state index in [0.717, 1.165) is 35.5 Å². The molecule has 5 aliphatic rings. The average molecular weight is 456 g/mol. The second kappa shape index (κ2) is 5.61. The third-order valence-corrected chi connectivity index (χ3v) is 12.2. The molecular weight excluding hydrogens is 419 g/mol. The first-order valence-corrected chi connectivity index (χ1v) is 12.5. The third-order valence-electron chi connectivity index (χ3n) is 10.8. The smallest absolute Gasteiger partial charge is 0.0638 e. The van der Waals surface area contributed by atoms with Crippen LogP contribution in [-0.4, -0.2) is 17.6 Å². The van der Waals surface area contributed by atoms with Gasteiger partial charge in [0.15, 0.2) is 0 Å². The van der Waals surface area contributed by atoms with E-state index in [-0.39, 0.29) is 0 Å². The quantitative estimate of drug-likeness (QED) is 0.356. The Morgan fingerprint density at radius 2 is 1.88 bits per heavy atom. The molecule has 0 aliphatic heterocycles. The van der Waals surface area contributed by atoms with Gasteiger partial charge in [0.25, 0.3) is 0 Å². The molecule has 5 aliphatic carbocycles. The normalized spacial score (nSPS) is 60.4. The van der Waals surface area contributed by atoms with Crippen molar-refractivity contribution in [1.82, 2.24) is 0 Å². The number of hydrogen-bond acceptors (Lipinski definition) is 1. The highest BCUT2D eigenvalue weighted by molar-refractivity contribution is 14.1. The minimum Gasteiger partial charge on any atom is -0.381 e. The first kappa shape index (κ1) is 17.8. The van der Waals surface area contributed by atoms with Crippen LogP contribution in [0.1, 0.15) is 72.1 Å². The standard InChI is InChI=1S/C23H37IO/c1-14(13-24)17-5-6-18-16-11-20(25-4)23-12-15(23)7-10-22(23,3)19(16)8-9-21(17,18)2/h14-20H,5-13H2,1-4H3. The van der Waals surface area contributed by atoms with Crippen LogP contribution in [0.4, 0.5) is 0 Å². The lowest BCUT2D eigenvalue weighted by atomic mass is 9.45. The lowest BCUT2D eigenvalue weighted by molar-refractivity contribution is -0.160. The zero-order valence-corrected chi connectivity index (χ0v) is 18.8. The molecule has 5 rings (SSSR count). The predicted octanol–water partition coefficient (Wildman–Crippen LogP) is 6.34. The topological polar surface area (TPSA) is 9.23 Å². The summed E-state index contributed by atoms with van der Waals surface area (Å²) in [6.07, 6.45) is 12.5. The number of methoxy groups -OCH3 is 1. The number of halogens is 1. The van der Waals surface area contributed by atoms with E-state index >= 15 is 0 Å². The molecule has 0 saturated heterocycles. The minimum atomic E-state index is 0.564. The van der Waals surface area contributed by atoms with E-state index in [1.807, 2.05) is 7.11 Å². The Morgan fingerprint density at radius 1 is 1.08 bits per heavy atom. The van der Waals surface area contributed by atoms with Crippen LogP contribution in [0.3, 0.4) is 0 Å². The summed E-state index contributed by atoms with van der Waals surface area (Å²) in [7, 11) is 2.02. The van der Waals surface area contributed by atoms with Gasteiger partial charge in [0.1, 0.15) is 0 Å². The number of fused-ring (bicyclic) bond motifs is 4. The molecule has 1 spiro atoms. The maximum atomic E-state index is 6.24. The van der Waals surface area contributed by atoms with Crippen molar-refractivity contribution >= 4 is 22.6 Å². The summed E-state index contributed by atoms with van der Waals surface area (Å²) in [5.41, 5.74) is 1.80. The van der Waals surface area contributed by atoms with Gasteiger partial charge in [0.2, 0.25) is 0 Å². The largest absolute Gasteiger partial charge is 0.381 e. The second-order valence-corrected chi connectivity index (χ2v) is 12.0. The first-order valence-electron chi connectivity index (χ1n) is 11.0. The van der Waals surface area contributed by atoms with E-state index in [0.29, 0.717) is 22.3 Å². The number of hydrogen-bond donors (Lipinski definition) is 0. The molecule has 1 nitrogen and oxygen atoms in total. The molecule has 142 valence electrons. The molecule has 10 unspecified atom stereocenters. The lowest BCUT2D eigenvalue weighted by Gasteiger charge is -2.61. The Labute approximate surface area is 168 Å². The van der Waals surface area contributed by atoms with Crippen LogP contribution in [0.15, 0.2) is 0 Å². The van der Waals surface area contributed by atoms with E-state index in [4.69, 9.17) is 4.74 Å². The van der Waals surface area contributed by atoms with E-state index in [1.165, 1.54) is 55.8 Å². The van der Waals surface area contributed by atoms with Crippen LogP contribution in [0.2, 0.25) is 0 Å². The Bertz CT molecular complexity index is 562. The SMILES string of the molecule is COC1CC2C3CCC(C(C)CI)C3(C)CCC2C2(C)CCC3CC312. The number of ether oxygens (including phenoxy) is 1. The molecule has 2 heteroatoms. The Hall–Kier alpha value is 0.690. The van der Waals surface area contributed by atoms with Gasteiger partial charge in [-0.3, -0.25) is 0 Å². The zero-order valence-electron chi connectivity index (χ0n) is 16.7. The molecule has 0 radical (unpaired) electrons. The van der Waals surface area contributed by atoms with E-state index in [2.05, 4.69) is 43.4 Å². The molecule has 0 N–H and O–H groups in total. The Morgan fingerprint density at radius 3 is 2.56 bits per heavy atom. The number of alkyl halides is 1. The predicted molar refractivity (Wildman–Crippen MR) is 112 cm³/mol. The van der Waals surface area contributed by atoms with Gasteiger partial charge in [-0.2, -0.15) is 0 Å². The highest BCUT2D eigenvalue weighted by Gasteiger charge is 2.77. The first-order chi connectivity index (χ1) is 11.9. The lowest BCUT2D eigenvalue weighted by Crippen LogP contribution is -2.57. The van der Waals surface area contributed by atoms with Crippen molar-refractivity contribution in [2.45, 2.75) is 78.2 Å². The van der Waals surface area contributed by atoms with Crippen LogP contribution in [0.5, 0.6) is 0 Å². The van der Waals surface area contributed by atoms with Crippen molar-refractivity contribution in [2.24, 2.45) is 51.8 Å². The minimum absolute atomic E-state index is 0.564. The molecule has 5 fully saturated rings. The molecule has 0 heterocycles. The highest BCUT2D eigenvalue weighted by Crippen LogP contribution is 2.82. The zero-order chi connectivity index (χ0) is 17.6. The summed E-state index contributed by atoms with van der Waals surface area (Å²) < 4.78 is 7.57. The van der Waals surface area contributed by atoms with Gasteiger partial charge in [-0.1, -0.05) is 43.4 Å². The molecule has 5 saturated carbocycles. The Balaban J connectivity index is 1.49. The highest BCUT2D eigenvalue weighted by atomic mass is 127. The van der Waals surface area contributed by atoms with Gasteiger partial charge in [0, 0.05) is 17.0 Å². The van der Waals surface area contributed by atoms with Crippen LogP contribution in [0.25, 0.3) is 0 Å². The summed E-state index contributed by atoms with van der Waals surface area (Å²) in [5, 5.41) is 0. The second-order valence-electron chi connectivity index (χ2n) is 11.1. The van der Waals surface area contributed by atoms with Crippen molar-refractivity contribution in [3.63, 3.8) is 0 Å². The summed E-state index contributed by atoms with van der Waals surface area (Å²) in [6, 6.07) is 0. The van der Waals surface area contributed by atoms with Crippen molar-refractivity contribution < 1.29 is 4.74 Å². The number of rotatable bonds is 3. The summed E-state index contributed by atoms with van der Waals surface area (Å²) >= 11 is 2.63. The van der Waals surface area contributed by atoms with Crippen molar-refractivity contribution in [2.75, 3.05) is 11.5 Å². The molecule has 0 bridgehead atoms. The molecule has 10 atom stereocenters.